The van der Waals surface area contributed by atoms with Crippen molar-refractivity contribution in [1.82, 2.24) is 0 Å². The first-order valence-electron chi connectivity index (χ1n) is 8.53. The van der Waals surface area contributed by atoms with E-state index in [2.05, 4.69) is 5.32 Å². The number of furan rings is 1. The van der Waals surface area contributed by atoms with Gasteiger partial charge in [0.15, 0.2) is 11.3 Å². The minimum absolute atomic E-state index is 0.308. The van der Waals surface area contributed by atoms with Crippen LogP contribution < -0.4 is 10.1 Å². The van der Waals surface area contributed by atoms with Gasteiger partial charge in [-0.1, -0.05) is 11.6 Å². The number of halogens is 1. The van der Waals surface area contributed by atoms with Gasteiger partial charge in [-0.05, 0) is 49.4 Å². The summed E-state index contributed by atoms with van der Waals surface area (Å²) in [4.78, 5) is 23.8. The standard InChI is InChI=1S/C21H18ClNO5/c1-3-27-21(25)13-4-6-16(7-5-13)23-19(24)9-8-17-11-14-10-15(22)12-18(26-2)20(14)28-17/h4-12H,3H2,1-2H3,(H,23,24). The summed E-state index contributed by atoms with van der Waals surface area (Å²) in [6.07, 6.45) is 2.90. The molecule has 0 aliphatic carbocycles. The molecule has 0 saturated heterocycles. The third-order valence-corrected chi connectivity index (χ3v) is 4.07. The fourth-order valence-corrected chi connectivity index (χ4v) is 2.80. The van der Waals surface area contributed by atoms with E-state index >= 15 is 0 Å². The molecule has 28 heavy (non-hydrogen) atoms. The lowest BCUT2D eigenvalue weighted by molar-refractivity contribution is -0.111. The highest BCUT2D eigenvalue weighted by atomic mass is 35.5. The monoisotopic (exact) mass is 399 g/mol. The molecule has 1 heterocycles. The van der Waals surface area contributed by atoms with Crippen molar-refractivity contribution in [3.63, 3.8) is 0 Å². The molecule has 0 spiro atoms. The average molecular weight is 400 g/mol. The maximum Gasteiger partial charge on any atom is 0.338 e. The fourth-order valence-electron chi connectivity index (χ4n) is 2.59. The number of hydrogen-bond donors (Lipinski definition) is 1. The SMILES string of the molecule is CCOC(=O)c1ccc(NC(=O)C=Cc2cc3cc(Cl)cc(OC)c3o2)cc1. The lowest BCUT2D eigenvalue weighted by Gasteiger charge is -2.04. The normalized spacial score (nSPS) is 11.0. The molecular formula is C21H18ClNO5. The molecule has 2 aromatic carbocycles. The number of fused-ring (bicyclic) bond motifs is 1. The summed E-state index contributed by atoms with van der Waals surface area (Å²) in [5.74, 6) is 0.270. The Bertz CT molecular complexity index is 1040. The molecule has 7 heteroatoms. The van der Waals surface area contributed by atoms with Crippen LogP contribution in [0.5, 0.6) is 5.75 Å². The first-order valence-corrected chi connectivity index (χ1v) is 8.91. The summed E-state index contributed by atoms with van der Waals surface area (Å²) in [6, 6.07) is 11.6. The molecular weight excluding hydrogens is 382 g/mol. The second kappa shape index (κ2) is 8.63. The van der Waals surface area contributed by atoms with Crippen molar-refractivity contribution < 1.29 is 23.5 Å². The van der Waals surface area contributed by atoms with Gasteiger partial charge in [-0.25, -0.2) is 4.79 Å². The predicted molar refractivity (Wildman–Crippen MR) is 108 cm³/mol. The van der Waals surface area contributed by atoms with Gasteiger partial charge < -0.3 is 19.2 Å². The maximum absolute atomic E-state index is 12.1. The summed E-state index contributed by atoms with van der Waals surface area (Å²) in [5.41, 5.74) is 1.53. The van der Waals surface area contributed by atoms with Crippen molar-refractivity contribution >= 4 is 46.2 Å². The molecule has 0 radical (unpaired) electrons. The number of nitrogens with one attached hydrogen (secondary N) is 1. The minimum Gasteiger partial charge on any atom is -0.493 e. The molecule has 1 aromatic heterocycles. The van der Waals surface area contributed by atoms with Crippen LogP contribution >= 0.6 is 11.6 Å². The highest BCUT2D eigenvalue weighted by Crippen LogP contribution is 2.32. The zero-order valence-corrected chi connectivity index (χ0v) is 16.1. The van der Waals surface area contributed by atoms with Crippen LogP contribution in [0.15, 0.2) is 53.0 Å². The number of methoxy groups -OCH3 is 1. The zero-order valence-electron chi connectivity index (χ0n) is 15.3. The van der Waals surface area contributed by atoms with Crippen LogP contribution in [0.1, 0.15) is 23.0 Å². The Labute approximate surface area is 166 Å². The van der Waals surface area contributed by atoms with Crippen molar-refractivity contribution in [3.05, 3.63) is 64.9 Å². The molecule has 3 rings (SSSR count). The predicted octanol–water partition coefficient (Wildman–Crippen LogP) is 4.92. The van der Waals surface area contributed by atoms with Gasteiger partial charge in [-0.3, -0.25) is 4.79 Å². The number of carbonyl (C=O) groups excluding carboxylic acids is 2. The highest BCUT2D eigenvalue weighted by molar-refractivity contribution is 6.31. The van der Waals surface area contributed by atoms with Gasteiger partial charge >= 0.3 is 5.97 Å². The third kappa shape index (κ3) is 4.53. The van der Waals surface area contributed by atoms with E-state index < -0.39 is 5.97 Å². The van der Waals surface area contributed by atoms with Gasteiger partial charge in [0.2, 0.25) is 5.91 Å². The highest BCUT2D eigenvalue weighted by Gasteiger charge is 2.10. The topological polar surface area (TPSA) is 77.8 Å². The largest absolute Gasteiger partial charge is 0.493 e. The molecule has 0 saturated carbocycles. The first-order chi connectivity index (χ1) is 13.5. The smallest absolute Gasteiger partial charge is 0.338 e. The van der Waals surface area contributed by atoms with Crippen molar-refractivity contribution in [2.75, 3.05) is 19.0 Å². The number of amides is 1. The Morgan fingerprint density at radius 3 is 2.61 bits per heavy atom. The van der Waals surface area contributed by atoms with E-state index in [4.69, 9.17) is 25.5 Å². The molecule has 3 aromatic rings. The summed E-state index contributed by atoms with van der Waals surface area (Å²) in [7, 11) is 1.53. The summed E-state index contributed by atoms with van der Waals surface area (Å²) in [5, 5.41) is 4.02. The van der Waals surface area contributed by atoms with Crippen molar-refractivity contribution in [1.29, 1.82) is 0 Å². The Morgan fingerprint density at radius 2 is 1.93 bits per heavy atom. The van der Waals surface area contributed by atoms with Crippen molar-refractivity contribution in [2.45, 2.75) is 6.92 Å². The van der Waals surface area contributed by atoms with Crippen LogP contribution in [-0.4, -0.2) is 25.6 Å². The van der Waals surface area contributed by atoms with E-state index in [0.29, 0.717) is 40.0 Å². The molecule has 0 aliphatic rings. The third-order valence-electron chi connectivity index (χ3n) is 3.85. The number of benzene rings is 2. The van der Waals surface area contributed by atoms with Crippen molar-refractivity contribution in [3.8, 4) is 5.75 Å². The lowest BCUT2D eigenvalue weighted by atomic mass is 10.2. The Hall–Kier alpha value is -3.25. The Balaban J connectivity index is 1.68. The van der Waals surface area contributed by atoms with Crippen LogP contribution in [-0.2, 0) is 9.53 Å². The molecule has 1 amide bonds. The second-order valence-corrected chi connectivity index (χ2v) is 6.23. The molecule has 0 aliphatic heterocycles. The van der Waals surface area contributed by atoms with E-state index in [1.807, 2.05) is 0 Å². The van der Waals surface area contributed by atoms with E-state index in [1.54, 1.807) is 55.5 Å². The van der Waals surface area contributed by atoms with E-state index in [9.17, 15) is 9.59 Å². The number of hydrogen-bond acceptors (Lipinski definition) is 5. The molecule has 0 atom stereocenters. The van der Waals surface area contributed by atoms with Gasteiger partial charge in [0, 0.05) is 28.2 Å². The Kier molecular flexibility index (Phi) is 6.01. The fraction of sp³-hybridized carbons (Fsp3) is 0.143. The van der Waals surface area contributed by atoms with Gasteiger partial charge in [-0.15, -0.1) is 0 Å². The van der Waals surface area contributed by atoms with Crippen LogP contribution in [0.25, 0.3) is 17.0 Å². The molecule has 0 unspecified atom stereocenters. The van der Waals surface area contributed by atoms with Crippen LogP contribution in [0.4, 0.5) is 5.69 Å². The van der Waals surface area contributed by atoms with E-state index in [-0.39, 0.29) is 5.91 Å². The van der Waals surface area contributed by atoms with Gasteiger partial charge in [0.1, 0.15) is 5.76 Å². The number of anilines is 1. The molecule has 0 bridgehead atoms. The van der Waals surface area contributed by atoms with Gasteiger partial charge in [-0.2, -0.15) is 0 Å². The molecule has 6 nitrogen and oxygen atoms in total. The summed E-state index contributed by atoms with van der Waals surface area (Å²) in [6.45, 7) is 2.05. The van der Waals surface area contributed by atoms with Crippen LogP contribution in [0.3, 0.4) is 0 Å². The summed E-state index contributed by atoms with van der Waals surface area (Å²) >= 11 is 6.05. The minimum atomic E-state index is -0.402. The number of rotatable bonds is 6. The average Bonchev–Trinajstić information content (AvgIpc) is 3.09. The quantitative estimate of drug-likeness (QED) is 0.470. The molecule has 1 N–H and O–H groups in total. The zero-order chi connectivity index (χ0) is 20.1. The van der Waals surface area contributed by atoms with Crippen molar-refractivity contribution in [2.24, 2.45) is 0 Å². The molecule has 0 fully saturated rings. The van der Waals surface area contributed by atoms with Gasteiger partial charge in [0.05, 0.1) is 19.3 Å². The van der Waals surface area contributed by atoms with Gasteiger partial charge in [0.25, 0.3) is 0 Å². The van der Waals surface area contributed by atoms with Crippen LogP contribution in [0.2, 0.25) is 5.02 Å². The second-order valence-electron chi connectivity index (χ2n) is 5.80. The molecule has 144 valence electrons. The number of esters is 1. The van der Waals surface area contributed by atoms with E-state index in [1.165, 1.54) is 13.2 Å². The Morgan fingerprint density at radius 1 is 1.18 bits per heavy atom. The lowest BCUT2D eigenvalue weighted by Crippen LogP contribution is -2.08. The van der Waals surface area contributed by atoms with Crippen LogP contribution in [0, 0.1) is 0 Å². The van der Waals surface area contributed by atoms with E-state index in [0.717, 1.165) is 5.39 Å². The first kappa shape index (κ1) is 19.5. The summed E-state index contributed by atoms with van der Waals surface area (Å²) < 4.78 is 15.9. The number of carbonyl (C=O) groups is 2. The number of ether oxygens (including phenoxy) is 2. The maximum atomic E-state index is 12.1.